The van der Waals surface area contributed by atoms with E-state index in [0.717, 1.165) is 18.2 Å². The molecule has 0 aliphatic rings. The minimum Gasteiger partial charge on any atom is -0.508 e. The number of hydrogen-bond donors (Lipinski definition) is 3. The molecule has 0 radical (unpaired) electrons. The lowest BCUT2D eigenvalue weighted by molar-refractivity contribution is 0.400. The molecule has 1 heterocycles. The van der Waals surface area contributed by atoms with E-state index in [1.807, 2.05) is 0 Å². The van der Waals surface area contributed by atoms with Crippen molar-refractivity contribution in [2.24, 2.45) is 0 Å². The Bertz CT molecular complexity index is 677. The third kappa shape index (κ3) is 2.38. The zero-order valence-corrected chi connectivity index (χ0v) is 10.1. The zero-order chi connectivity index (χ0) is 13.3. The standard InChI is InChI=1S/C10H10N2O5S/c1-6-4-10(11-17-6)12-18(15,16)9-3-2-7(13)5-8(9)14/h2-5,13-14H,1H3,(H,11,12). The van der Waals surface area contributed by atoms with Gasteiger partial charge in [-0.2, -0.15) is 0 Å². The minimum atomic E-state index is -3.98. The number of nitrogens with zero attached hydrogens (tertiary/aromatic N) is 1. The summed E-state index contributed by atoms with van der Waals surface area (Å²) in [6, 6.07) is 4.57. The van der Waals surface area contributed by atoms with Gasteiger partial charge in [0.15, 0.2) is 5.82 Å². The third-order valence-electron chi connectivity index (χ3n) is 2.10. The molecule has 2 aromatic rings. The zero-order valence-electron chi connectivity index (χ0n) is 9.28. The van der Waals surface area contributed by atoms with Crippen LogP contribution in [-0.2, 0) is 10.0 Å². The Morgan fingerprint density at radius 1 is 1.28 bits per heavy atom. The predicted octanol–water partition coefficient (Wildman–Crippen LogP) is 1.20. The fourth-order valence-electron chi connectivity index (χ4n) is 1.34. The molecule has 0 saturated carbocycles. The average molecular weight is 270 g/mol. The number of hydrogen-bond acceptors (Lipinski definition) is 6. The molecular formula is C10H10N2O5S. The lowest BCUT2D eigenvalue weighted by Gasteiger charge is -2.06. The summed E-state index contributed by atoms with van der Waals surface area (Å²) in [5.74, 6) is -0.325. The topological polar surface area (TPSA) is 113 Å². The number of sulfonamides is 1. The number of nitrogens with one attached hydrogen (secondary N) is 1. The Morgan fingerprint density at radius 2 is 2.00 bits per heavy atom. The van der Waals surface area contributed by atoms with E-state index in [1.165, 1.54) is 6.07 Å². The molecule has 0 aliphatic carbocycles. The number of benzene rings is 1. The third-order valence-corrected chi connectivity index (χ3v) is 3.50. The molecule has 1 aromatic carbocycles. The highest BCUT2D eigenvalue weighted by Gasteiger charge is 2.20. The van der Waals surface area contributed by atoms with Crippen LogP contribution in [0.2, 0.25) is 0 Å². The van der Waals surface area contributed by atoms with E-state index in [-0.39, 0.29) is 16.5 Å². The van der Waals surface area contributed by atoms with Crippen LogP contribution in [0.3, 0.4) is 0 Å². The number of anilines is 1. The van der Waals surface area contributed by atoms with Gasteiger partial charge < -0.3 is 14.7 Å². The maximum absolute atomic E-state index is 11.9. The van der Waals surface area contributed by atoms with Gasteiger partial charge in [0.05, 0.1) is 0 Å². The summed E-state index contributed by atoms with van der Waals surface area (Å²) in [6.07, 6.45) is 0. The fraction of sp³-hybridized carbons (Fsp3) is 0.100. The molecule has 0 unspecified atom stereocenters. The van der Waals surface area contributed by atoms with Crippen LogP contribution >= 0.6 is 0 Å². The summed E-state index contributed by atoms with van der Waals surface area (Å²) >= 11 is 0. The van der Waals surface area contributed by atoms with Crippen LogP contribution in [-0.4, -0.2) is 23.8 Å². The number of phenolic OH excluding ortho intramolecular Hbond substituents is 2. The van der Waals surface area contributed by atoms with Crippen LogP contribution in [0.5, 0.6) is 11.5 Å². The minimum absolute atomic E-state index is 0.0139. The molecule has 0 saturated heterocycles. The second-order valence-corrected chi connectivity index (χ2v) is 5.23. The van der Waals surface area contributed by atoms with Crippen molar-refractivity contribution in [3.63, 3.8) is 0 Å². The quantitative estimate of drug-likeness (QED) is 0.772. The van der Waals surface area contributed by atoms with Gasteiger partial charge >= 0.3 is 0 Å². The summed E-state index contributed by atoms with van der Waals surface area (Å²) in [4.78, 5) is -0.360. The van der Waals surface area contributed by atoms with Gasteiger partial charge in [0.25, 0.3) is 10.0 Å². The van der Waals surface area contributed by atoms with Crippen LogP contribution in [0.4, 0.5) is 5.82 Å². The van der Waals surface area contributed by atoms with Gasteiger partial charge in [-0.15, -0.1) is 0 Å². The first-order chi connectivity index (χ1) is 8.38. The number of aromatic hydroxyl groups is 2. The highest BCUT2D eigenvalue weighted by atomic mass is 32.2. The van der Waals surface area contributed by atoms with Crippen molar-refractivity contribution in [3.05, 3.63) is 30.0 Å². The van der Waals surface area contributed by atoms with E-state index in [0.29, 0.717) is 5.76 Å². The van der Waals surface area contributed by atoms with Crippen LogP contribution < -0.4 is 4.72 Å². The lowest BCUT2D eigenvalue weighted by atomic mass is 10.3. The Hall–Kier alpha value is -2.22. The van der Waals surface area contributed by atoms with Gasteiger partial charge in [-0.1, -0.05) is 5.16 Å². The largest absolute Gasteiger partial charge is 0.508 e. The van der Waals surface area contributed by atoms with Crippen molar-refractivity contribution in [1.29, 1.82) is 0 Å². The molecule has 18 heavy (non-hydrogen) atoms. The van der Waals surface area contributed by atoms with E-state index >= 15 is 0 Å². The SMILES string of the molecule is Cc1cc(NS(=O)(=O)c2ccc(O)cc2O)no1. The predicted molar refractivity (Wildman–Crippen MR) is 61.8 cm³/mol. The van der Waals surface area contributed by atoms with Crippen LogP contribution in [0.15, 0.2) is 33.7 Å². The summed E-state index contributed by atoms with van der Waals surface area (Å²) in [5.41, 5.74) is 0. The van der Waals surface area contributed by atoms with Gasteiger partial charge in [-0.05, 0) is 19.1 Å². The van der Waals surface area contributed by atoms with Crippen LogP contribution in [0.25, 0.3) is 0 Å². The second kappa shape index (κ2) is 4.22. The molecule has 2 rings (SSSR count). The van der Waals surface area contributed by atoms with Crippen molar-refractivity contribution in [2.75, 3.05) is 4.72 Å². The molecule has 0 aliphatic heterocycles. The Kier molecular flexibility index (Phi) is 2.87. The number of aryl methyl sites for hydroxylation is 1. The number of phenols is 2. The summed E-state index contributed by atoms with van der Waals surface area (Å²) in [5, 5.41) is 22.1. The van der Waals surface area contributed by atoms with Gasteiger partial charge in [-0.3, -0.25) is 4.72 Å². The molecular weight excluding hydrogens is 260 g/mol. The van der Waals surface area contributed by atoms with E-state index in [4.69, 9.17) is 9.63 Å². The molecule has 1 aromatic heterocycles. The summed E-state index contributed by atoms with van der Waals surface area (Å²) in [7, 11) is -3.98. The van der Waals surface area contributed by atoms with Crippen molar-refractivity contribution in [2.45, 2.75) is 11.8 Å². The van der Waals surface area contributed by atoms with E-state index in [1.54, 1.807) is 6.92 Å². The smallest absolute Gasteiger partial charge is 0.266 e. The Morgan fingerprint density at radius 3 is 2.56 bits per heavy atom. The first-order valence-corrected chi connectivity index (χ1v) is 6.35. The van der Waals surface area contributed by atoms with Crippen LogP contribution in [0, 0.1) is 6.92 Å². The van der Waals surface area contributed by atoms with E-state index < -0.39 is 15.8 Å². The van der Waals surface area contributed by atoms with Gasteiger partial charge in [0, 0.05) is 12.1 Å². The average Bonchev–Trinajstić information content (AvgIpc) is 2.62. The molecule has 0 spiro atoms. The Balaban J connectivity index is 2.36. The molecule has 7 nitrogen and oxygen atoms in total. The lowest BCUT2D eigenvalue weighted by Crippen LogP contribution is -2.13. The van der Waals surface area contributed by atoms with Crippen molar-refractivity contribution < 1.29 is 23.2 Å². The maximum Gasteiger partial charge on any atom is 0.266 e. The highest BCUT2D eigenvalue weighted by molar-refractivity contribution is 7.92. The molecule has 8 heteroatoms. The van der Waals surface area contributed by atoms with Gasteiger partial charge in [0.2, 0.25) is 0 Å². The normalized spacial score (nSPS) is 11.4. The molecule has 0 bridgehead atoms. The van der Waals surface area contributed by atoms with Gasteiger partial charge in [0.1, 0.15) is 22.2 Å². The monoisotopic (exact) mass is 270 g/mol. The second-order valence-electron chi connectivity index (χ2n) is 3.58. The first-order valence-electron chi connectivity index (χ1n) is 4.86. The van der Waals surface area contributed by atoms with E-state index in [2.05, 4.69) is 9.88 Å². The van der Waals surface area contributed by atoms with Crippen molar-refractivity contribution >= 4 is 15.8 Å². The van der Waals surface area contributed by atoms with E-state index in [9.17, 15) is 13.5 Å². The first kappa shape index (κ1) is 12.2. The number of aromatic nitrogens is 1. The number of rotatable bonds is 3. The maximum atomic E-state index is 11.9. The summed E-state index contributed by atoms with van der Waals surface area (Å²) in [6.45, 7) is 1.61. The van der Waals surface area contributed by atoms with Crippen LogP contribution in [0.1, 0.15) is 5.76 Å². The van der Waals surface area contributed by atoms with Gasteiger partial charge in [-0.25, -0.2) is 8.42 Å². The highest BCUT2D eigenvalue weighted by Crippen LogP contribution is 2.28. The molecule has 0 fully saturated rings. The van der Waals surface area contributed by atoms with Crippen molar-refractivity contribution in [1.82, 2.24) is 5.16 Å². The molecule has 96 valence electrons. The molecule has 0 amide bonds. The molecule has 3 N–H and O–H groups in total. The van der Waals surface area contributed by atoms with Crippen molar-refractivity contribution in [3.8, 4) is 11.5 Å². The fourth-order valence-corrected chi connectivity index (χ4v) is 2.40. The Labute approximate surface area is 103 Å². The molecule has 0 atom stereocenters. The summed E-state index contributed by atoms with van der Waals surface area (Å²) < 4.78 is 30.7.